The van der Waals surface area contributed by atoms with E-state index >= 15 is 0 Å². The first kappa shape index (κ1) is 30.7. The molecule has 2 amide bonds. The van der Waals surface area contributed by atoms with Crippen LogP contribution in [-0.4, -0.2) is 45.1 Å². The average molecular weight is 617 g/mol. The molecule has 230 valence electrons. The van der Waals surface area contributed by atoms with Crippen LogP contribution < -0.4 is 11.1 Å². The number of rotatable bonds is 8. The van der Waals surface area contributed by atoms with Crippen LogP contribution in [0.5, 0.6) is 0 Å². The van der Waals surface area contributed by atoms with Crippen LogP contribution in [0.4, 0.5) is 26.3 Å². The van der Waals surface area contributed by atoms with Gasteiger partial charge in [0.2, 0.25) is 5.91 Å². The molecule has 0 saturated heterocycles. The predicted molar refractivity (Wildman–Crippen MR) is 146 cm³/mol. The molecule has 5 rings (SSSR count). The molecule has 8 nitrogen and oxygen atoms in total. The molecule has 2 aromatic heterocycles. The molecular formula is C30H26F6N6O2. The molecule has 0 spiro atoms. The zero-order valence-electron chi connectivity index (χ0n) is 23.3. The minimum atomic E-state index is -4.73. The number of alkyl halides is 3. The van der Waals surface area contributed by atoms with Gasteiger partial charge >= 0.3 is 6.18 Å². The van der Waals surface area contributed by atoms with Gasteiger partial charge in [-0.3, -0.25) is 19.3 Å². The Hall–Kier alpha value is -4.72. The zero-order chi connectivity index (χ0) is 31.8. The fraction of sp³-hybridized carbons (Fsp3) is 0.267. The number of amides is 2. The van der Waals surface area contributed by atoms with Crippen LogP contribution in [0.25, 0.3) is 11.1 Å². The number of aromatic nitrogens is 3. The molecule has 1 aliphatic heterocycles. The van der Waals surface area contributed by atoms with Crippen LogP contribution in [-0.2, 0) is 36.9 Å². The summed E-state index contributed by atoms with van der Waals surface area (Å²) < 4.78 is 84.8. The number of benzene rings is 2. The number of nitrogens with zero attached hydrogens (tertiary/aromatic N) is 4. The number of nitrogens with two attached hydrogens (primary N) is 1. The van der Waals surface area contributed by atoms with Gasteiger partial charge in [0, 0.05) is 48.6 Å². The third-order valence-electron chi connectivity index (χ3n) is 7.30. The van der Waals surface area contributed by atoms with Crippen molar-refractivity contribution in [2.24, 2.45) is 5.73 Å². The molecule has 0 saturated carbocycles. The van der Waals surface area contributed by atoms with E-state index in [0.717, 1.165) is 22.9 Å². The van der Waals surface area contributed by atoms with E-state index in [1.807, 2.05) is 0 Å². The second-order valence-corrected chi connectivity index (χ2v) is 10.5. The SMILES string of the molecule is CN1CCc2c(c(C(F)(F)F)nn2CC(=O)NC(Cc2cc(F)cc(F)c2)c2ncccc2-c2ccc(F)c(C(N)=O)c2)C1. The summed E-state index contributed by atoms with van der Waals surface area (Å²) in [6.45, 7) is -0.0872. The molecule has 0 radical (unpaired) electrons. The van der Waals surface area contributed by atoms with Crippen LogP contribution in [0.15, 0.2) is 54.7 Å². The highest BCUT2D eigenvalue weighted by Crippen LogP contribution is 2.35. The highest BCUT2D eigenvalue weighted by molar-refractivity contribution is 5.94. The van der Waals surface area contributed by atoms with E-state index in [-0.39, 0.29) is 47.5 Å². The lowest BCUT2D eigenvalue weighted by molar-refractivity contribution is -0.142. The van der Waals surface area contributed by atoms with Crippen molar-refractivity contribution < 1.29 is 35.9 Å². The summed E-state index contributed by atoms with van der Waals surface area (Å²) in [7, 11) is 1.69. The Morgan fingerprint density at radius 3 is 2.48 bits per heavy atom. The van der Waals surface area contributed by atoms with Crippen molar-refractivity contribution in [3.8, 4) is 11.1 Å². The number of likely N-dealkylation sites (N-methyl/N-ethyl adjacent to an activating group) is 1. The first-order chi connectivity index (χ1) is 20.8. The van der Waals surface area contributed by atoms with Gasteiger partial charge in [0.15, 0.2) is 5.69 Å². The third kappa shape index (κ3) is 6.59. The summed E-state index contributed by atoms with van der Waals surface area (Å²) in [6.07, 6.45) is -3.26. The van der Waals surface area contributed by atoms with Crippen LogP contribution in [0, 0.1) is 17.5 Å². The standard InChI is InChI=1S/C30H26F6N6O2/c1-41-8-6-25-22(14-41)28(30(34,35)36)40-42(25)15-26(43)39-24(11-16-9-18(31)13-19(32)10-16)27-20(3-2-7-38-27)17-4-5-23(33)21(12-17)29(37)44/h2-5,7,9-10,12-13,24H,6,8,11,14-15H2,1H3,(H2,37,44)(H,39,43). The summed E-state index contributed by atoms with van der Waals surface area (Å²) in [5.41, 5.74) is 5.14. The molecule has 3 heterocycles. The molecule has 44 heavy (non-hydrogen) atoms. The number of carbonyl (C=O) groups is 2. The summed E-state index contributed by atoms with van der Waals surface area (Å²) in [5, 5.41) is 6.46. The molecule has 0 bridgehead atoms. The lowest BCUT2D eigenvalue weighted by Gasteiger charge is -2.24. The van der Waals surface area contributed by atoms with Gasteiger partial charge in [0.1, 0.15) is 24.0 Å². The molecular weight excluding hydrogens is 590 g/mol. The number of pyridine rings is 1. The van der Waals surface area contributed by atoms with Crippen LogP contribution in [0.1, 0.15) is 44.6 Å². The van der Waals surface area contributed by atoms with Crippen LogP contribution >= 0.6 is 0 Å². The second-order valence-electron chi connectivity index (χ2n) is 10.5. The van der Waals surface area contributed by atoms with Gasteiger partial charge in [0.25, 0.3) is 5.91 Å². The quantitative estimate of drug-likeness (QED) is 0.282. The topological polar surface area (TPSA) is 106 Å². The number of nitrogens with one attached hydrogen (secondary N) is 1. The summed E-state index contributed by atoms with van der Waals surface area (Å²) in [6, 6.07) is 8.52. The van der Waals surface area contributed by atoms with Gasteiger partial charge in [0.05, 0.1) is 17.3 Å². The van der Waals surface area contributed by atoms with Crippen molar-refractivity contribution >= 4 is 11.8 Å². The molecule has 1 atom stereocenters. The van der Waals surface area contributed by atoms with Gasteiger partial charge in [-0.15, -0.1) is 0 Å². The van der Waals surface area contributed by atoms with Crippen molar-refractivity contribution in [2.45, 2.75) is 38.1 Å². The number of carbonyl (C=O) groups excluding carboxylic acids is 2. The Morgan fingerprint density at radius 1 is 1.07 bits per heavy atom. The van der Waals surface area contributed by atoms with Gasteiger partial charge in [-0.2, -0.15) is 18.3 Å². The van der Waals surface area contributed by atoms with Gasteiger partial charge < -0.3 is 16.0 Å². The van der Waals surface area contributed by atoms with Gasteiger partial charge in [-0.05, 0) is 54.9 Å². The fourth-order valence-corrected chi connectivity index (χ4v) is 5.36. The maximum absolute atomic E-state index is 14.2. The molecule has 0 fully saturated rings. The Kier molecular flexibility index (Phi) is 8.46. The highest BCUT2D eigenvalue weighted by atomic mass is 19.4. The summed E-state index contributed by atoms with van der Waals surface area (Å²) in [5.74, 6) is -4.31. The third-order valence-corrected chi connectivity index (χ3v) is 7.30. The maximum atomic E-state index is 14.2. The number of hydrogen-bond donors (Lipinski definition) is 2. The fourth-order valence-electron chi connectivity index (χ4n) is 5.36. The van der Waals surface area contributed by atoms with E-state index in [4.69, 9.17) is 5.73 Å². The Labute approximate surface area is 247 Å². The van der Waals surface area contributed by atoms with E-state index in [1.165, 1.54) is 18.3 Å². The Bertz CT molecular complexity index is 1720. The van der Waals surface area contributed by atoms with Gasteiger partial charge in [-0.1, -0.05) is 12.1 Å². The van der Waals surface area contributed by atoms with Crippen molar-refractivity contribution in [1.29, 1.82) is 0 Å². The number of primary amides is 1. The molecule has 3 N–H and O–H groups in total. The maximum Gasteiger partial charge on any atom is 0.435 e. The number of fused-ring (bicyclic) bond motifs is 1. The van der Waals surface area contributed by atoms with Gasteiger partial charge in [-0.25, -0.2) is 13.2 Å². The minimum absolute atomic E-state index is 0.000543. The summed E-state index contributed by atoms with van der Waals surface area (Å²) in [4.78, 5) is 31.3. The first-order valence-electron chi connectivity index (χ1n) is 13.4. The minimum Gasteiger partial charge on any atom is -0.366 e. The van der Waals surface area contributed by atoms with Crippen LogP contribution in [0.3, 0.4) is 0 Å². The van der Waals surface area contributed by atoms with E-state index in [0.29, 0.717) is 23.7 Å². The number of halogens is 6. The molecule has 2 aromatic carbocycles. The normalized spacial score (nSPS) is 14.2. The van der Waals surface area contributed by atoms with Crippen molar-refractivity contribution in [1.82, 2.24) is 25.0 Å². The zero-order valence-corrected chi connectivity index (χ0v) is 23.3. The van der Waals surface area contributed by atoms with E-state index in [1.54, 1.807) is 24.1 Å². The molecule has 14 heteroatoms. The average Bonchev–Trinajstić information content (AvgIpc) is 3.30. The number of hydrogen-bond acceptors (Lipinski definition) is 5. The predicted octanol–water partition coefficient (Wildman–Crippen LogP) is 4.57. The smallest absolute Gasteiger partial charge is 0.366 e. The van der Waals surface area contributed by atoms with E-state index < -0.39 is 53.7 Å². The molecule has 1 unspecified atom stereocenters. The van der Waals surface area contributed by atoms with Crippen molar-refractivity contribution in [3.63, 3.8) is 0 Å². The van der Waals surface area contributed by atoms with E-state index in [9.17, 15) is 35.9 Å². The monoisotopic (exact) mass is 616 g/mol. The Morgan fingerprint density at radius 2 is 1.80 bits per heavy atom. The summed E-state index contributed by atoms with van der Waals surface area (Å²) >= 11 is 0. The van der Waals surface area contributed by atoms with E-state index in [2.05, 4.69) is 15.4 Å². The lowest BCUT2D eigenvalue weighted by atomic mass is 9.94. The largest absolute Gasteiger partial charge is 0.435 e. The van der Waals surface area contributed by atoms with Crippen molar-refractivity contribution in [2.75, 3.05) is 13.6 Å². The molecule has 1 aliphatic rings. The highest BCUT2D eigenvalue weighted by Gasteiger charge is 2.40. The first-order valence-corrected chi connectivity index (χ1v) is 13.4. The van der Waals surface area contributed by atoms with Crippen LogP contribution in [0.2, 0.25) is 0 Å². The lowest BCUT2D eigenvalue weighted by Crippen LogP contribution is -2.35. The molecule has 4 aromatic rings. The molecule has 0 aliphatic carbocycles. The Balaban J connectivity index is 1.52. The second kappa shape index (κ2) is 12.1. The van der Waals surface area contributed by atoms with Crippen molar-refractivity contribution in [3.05, 3.63) is 106 Å².